The lowest BCUT2D eigenvalue weighted by molar-refractivity contribution is 0.0543. The number of fused-ring (bicyclic) bond motifs is 2. The molecule has 4 rings (SSSR count). The second-order valence-corrected chi connectivity index (χ2v) is 18.1. The largest absolute Gasteiger partial charge is 0.497 e. The number of allylic oxidation sites excluding steroid dienone is 1. The van der Waals surface area contributed by atoms with Crippen LogP contribution in [0.5, 0.6) is 5.75 Å². The van der Waals surface area contributed by atoms with Crippen molar-refractivity contribution >= 4 is 19.9 Å². The van der Waals surface area contributed by atoms with Gasteiger partial charge in [0.1, 0.15) is 5.75 Å². The molecule has 216 valence electrons. The number of ketones is 2. The first-order valence-corrected chi connectivity index (χ1v) is 16.8. The summed E-state index contributed by atoms with van der Waals surface area (Å²) in [5.41, 5.74) is 4.66. The molecule has 0 amide bonds. The molecule has 0 saturated carbocycles. The van der Waals surface area contributed by atoms with Crippen molar-refractivity contribution in [1.82, 2.24) is 0 Å². The van der Waals surface area contributed by atoms with E-state index in [2.05, 4.69) is 47.6 Å². The fourth-order valence-electron chi connectivity index (χ4n) is 7.34. The summed E-state index contributed by atoms with van der Waals surface area (Å²) in [6.07, 6.45) is 3.54. The Bertz CT molecular complexity index is 1240. The van der Waals surface area contributed by atoms with Gasteiger partial charge in [-0.1, -0.05) is 78.8 Å². The van der Waals surface area contributed by atoms with Crippen molar-refractivity contribution in [2.75, 3.05) is 13.7 Å². The molecule has 5 nitrogen and oxygen atoms in total. The van der Waals surface area contributed by atoms with E-state index in [1.165, 1.54) is 0 Å². The third kappa shape index (κ3) is 5.50. The maximum atomic E-state index is 14.1. The third-order valence-electron chi connectivity index (χ3n) is 9.35. The number of hydrogen-bond acceptors (Lipinski definition) is 5. The van der Waals surface area contributed by atoms with Crippen LogP contribution >= 0.6 is 0 Å². The maximum absolute atomic E-state index is 14.1. The Hall–Kier alpha value is -2.54. The summed E-state index contributed by atoms with van der Waals surface area (Å²) in [6.45, 7) is 16.8. The fraction of sp³-hybridized carbons (Fsp3) is 0.529. The molecule has 6 heteroatoms. The highest BCUT2D eigenvalue weighted by Gasteiger charge is 2.53. The van der Waals surface area contributed by atoms with Gasteiger partial charge in [-0.15, -0.1) is 0 Å². The lowest BCUT2D eigenvalue weighted by atomic mass is 9.57. The SMILES string of the molecule is COc1ccc(COCC2=CCC[C@@]3(C)C(=O)c4ccc(CO[Si](C(C)C)(C(C)C)C(C)C)cc4C(=O)[C@@H]23)cc1. The molecular weight excluding hydrogens is 516 g/mol. The number of hydrogen-bond donors (Lipinski definition) is 0. The molecule has 0 N–H and O–H groups in total. The number of ether oxygens (including phenoxy) is 2. The minimum atomic E-state index is -2.06. The van der Waals surface area contributed by atoms with Crippen LogP contribution in [0.1, 0.15) is 93.2 Å². The van der Waals surface area contributed by atoms with E-state index in [9.17, 15) is 9.59 Å². The van der Waals surface area contributed by atoms with Crippen LogP contribution in [-0.4, -0.2) is 33.6 Å². The first kappa shape index (κ1) is 30.4. The van der Waals surface area contributed by atoms with E-state index < -0.39 is 19.7 Å². The normalized spacial score (nSPS) is 21.1. The lowest BCUT2D eigenvalue weighted by Gasteiger charge is -2.43. The van der Waals surface area contributed by atoms with Crippen LogP contribution in [0.2, 0.25) is 16.6 Å². The third-order valence-corrected chi connectivity index (χ3v) is 15.4. The van der Waals surface area contributed by atoms with Crippen molar-refractivity contribution in [2.24, 2.45) is 11.3 Å². The molecule has 0 fully saturated rings. The number of rotatable bonds is 11. The van der Waals surface area contributed by atoms with E-state index in [1.54, 1.807) is 7.11 Å². The van der Waals surface area contributed by atoms with Gasteiger partial charge in [0.25, 0.3) is 0 Å². The van der Waals surface area contributed by atoms with Crippen molar-refractivity contribution in [1.29, 1.82) is 0 Å². The molecule has 2 aliphatic carbocycles. The molecule has 0 aromatic heterocycles. The highest BCUT2D eigenvalue weighted by atomic mass is 28.4. The van der Waals surface area contributed by atoms with Gasteiger partial charge >= 0.3 is 0 Å². The Morgan fingerprint density at radius 2 is 1.48 bits per heavy atom. The summed E-state index contributed by atoms with van der Waals surface area (Å²) >= 11 is 0. The second kappa shape index (κ2) is 12.1. The quantitative estimate of drug-likeness (QED) is 0.203. The number of Topliss-reactive ketones (excluding diaryl/α,β-unsaturated/α-hetero) is 2. The molecule has 0 spiro atoms. The van der Waals surface area contributed by atoms with Crippen LogP contribution in [0.4, 0.5) is 0 Å². The summed E-state index contributed by atoms with van der Waals surface area (Å²) in [5.74, 6) is 0.396. The predicted molar refractivity (Wildman–Crippen MR) is 163 cm³/mol. The van der Waals surface area contributed by atoms with E-state index in [0.29, 0.717) is 54.0 Å². The van der Waals surface area contributed by atoms with Gasteiger partial charge in [0, 0.05) is 16.5 Å². The van der Waals surface area contributed by atoms with E-state index in [0.717, 1.165) is 28.9 Å². The summed E-state index contributed by atoms with van der Waals surface area (Å²) < 4.78 is 18.1. The monoisotopic (exact) mass is 562 g/mol. The van der Waals surface area contributed by atoms with Gasteiger partial charge in [0.15, 0.2) is 11.6 Å². The summed E-state index contributed by atoms with van der Waals surface area (Å²) in [6, 6.07) is 13.5. The molecular formula is C34H46O5Si. The fourth-order valence-corrected chi connectivity index (χ4v) is 12.8. The standard InChI is InChI=1S/C34H46O5Si/c1-22(2)40(23(3)4,24(5)6)39-20-26-13-16-29-30(18-26)32(35)31-27(10-9-17-34(31,7)33(29)36)21-38-19-25-11-14-28(37-8)15-12-25/h10-16,18,22-24,31H,9,17,19-21H2,1-8H3/t31-,34-/m1/s1. The van der Waals surface area contributed by atoms with Crippen molar-refractivity contribution in [2.45, 2.75) is 91.1 Å². The second-order valence-electron chi connectivity index (χ2n) is 12.7. The summed E-state index contributed by atoms with van der Waals surface area (Å²) in [7, 11) is -0.415. The summed E-state index contributed by atoms with van der Waals surface area (Å²) in [4.78, 5) is 28.0. The van der Waals surface area contributed by atoms with Gasteiger partial charge in [0.2, 0.25) is 8.32 Å². The Balaban J connectivity index is 1.55. The number of carbonyl (C=O) groups is 2. The zero-order chi connectivity index (χ0) is 29.2. The first-order valence-electron chi connectivity index (χ1n) is 14.7. The molecule has 0 heterocycles. The zero-order valence-corrected chi connectivity index (χ0v) is 26.5. The zero-order valence-electron chi connectivity index (χ0n) is 25.5. The lowest BCUT2D eigenvalue weighted by Crippen LogP contribution is -2.48. The van der Waals surface area contributed by atoms with Crippen LogP contribution in [0.25, 0.3) is 0 Å². The Morgan fingerprint density at radius 3 is 2.08 bits per heavy atom. The van der Waals surface area contributed by atoms with E-state index in [1.807, 2.05) is 49.4 Å². The number of methoxy groups -OCH3 is 1. The number of benzene rings is 2. The number of carbonyl (C=O) groups excluding carboxylic acids is 2. The molecule has 40 heavy (non-hydrogen) atoms. The molecule has 2 aromatic carbocycles. The van der Waals surface area contributed by atoms with Gasteiger partial charge < -0.3 is 13.9 Å². The molecule has 2 aromatic rings. The Kier molecular flexibility index (Phi) is 9.23. The van der Waals surface area contributed by atoms with Crippen molar-refractivity contribution < 1.29 is 23.5 Å². The molecule has 0 unspecified atom stereocenters. The average Bonchev–Trinajstić information content (AvgIpc) is 2.92. The van der Waals surface area contributed by atoms with Crippen molar-refractivity contribution in [3.8, 4) is 5.75 Å². The first-order chi connectivity index (χ1) is 19.0. The van der Waals surface area contributed by atoms with E-state index in [4.69, 9.17) is 13.9 Å². The van der Waals surface area contributed by atoms with Crippen LogP contribution in [0, 0.1) is 11.3 Å². The van der Waals surface area contributed by atoms with Gasteiger partial charge in [-0.05, 0) is 64.4 Å². The smallest absolute Gasteiger partial charge is 0.200 e. The average molecular weight is 563 g/mol. The van der Waals surface area contributed by atoms with Gasteiger partial charge in [-0.25, -0.2) is 0 Å². The van der Waals surface area contributed by atoms with E-state index in [-0.39, 0.29) is 11.6 Å². The van der Waals surface area contributed by atoms with Crippen LogP contribution in [0.3, 0.4) is 0 Å². The van der Waals surface area contributed by atoms with Crippen LogP contribution < -0.4 is 4.74 Å². The van der Waals surface area contributed by atoms with Crippen LogP contribution in [0.15, 0.2) is 54.1 Å². The minimum absolute atomic E-state index is 0.0260. The Morgan fingerprint density at radius 1 is 0.850 bits per heavy atom. The maximum Gasteiger partial charge on any atom is 0.200 e. The molecule has 0 radical (unpaired) electrons. The van der Waals surface area contributed by atoms with Gasteiger partial charge in [-0.3, -0.25) is 9.59 Å². The minimum Gasteiger partial charge on any atom is -0.497 e. The van der Waals surface area contributed by atoms with E-state index >= 15 is 0 Å². The highest BCUT2D eigenvalue weighted by Crippen LogP contribution is 2.49. The predicted octanol–water partition coefficient (Wildman–Crippen LogP) is 8.33. The topological polar surface area (TPSA) is 61.8 Å². The molecule has 2 aliphatic rings. The highest BCUT2D eigenvalue weighted by molar-refractivity contribution is 6.77. The molecule has 0 saturated heterocycles. The molecule has 0 aliphatic heterocycles. The Labute approximate surface area is 241 Å². The summed E-state index contributed by atoms with van der Waals surface area (Å²) in [5, 5.41) is 0. The van der Waals surface area contributed by atoms with Crippen molar-refractivity contribution in [3.63, 3.8) is 0 Å². The van der Waals surface area contributed by atoms with Gasteiger partial charge in [0.05, 0.1) is 32.8 Å². The van der Waals surface area contributed by atoms with Crippen molar-refractivity contribution in [3.05, 3.63) is 76.4 Å². The van der Waals surface area contributed by atoms with Gasteiger partial charge in [-0.2, -0.15) is 0 Å². The molecule has 0 bridgehead atoms. The molecule has 2 atom stereocenters. The van der Waals surface area contributed by atoms with Crippen LogP contribution in [-0.2, 0) is 22.4 Å².